The molecule has 0 radical (unpaired) electrons. The minimum Gasteiger partial charge on any atom is -0.497 e. The van der Waals surface area contributed by atoms with Gasteiger partial charge in [0.15, 0.2) is 9.84 Å². The van der Waals surface area contributed by atoms with Gasteiger partial charge in [0.2, 0.25) is 0 Å². The Morgan fingerprint density at radius 3 is 2.44 bits per heavy atom. The quantitative estimate of drug-likeness (QED) is 0.654. The second-order valence-corrected chi connectivity index (χ2v) is 8.41. The molecule has 0 saturated carbocycles. The van der Waals surface area contributed by atoms with Crippen molar-refractivity contribution in [1.29, 1.82) is 0 Å². The molecule has 1 unspecified atom stereocenters. The van der Waals surface area contributed by atoms with Crippen LogP contribution in [0.3, 0.4) is 0 Å². The Labute approximate surface area is 157 Å². The summed E-state index contributed by atoms with van der Waals surface area (Å²) in [4.78, 5) is 12.1. The monoisotopic (exact) mass is 387 g/mol. The van der Waals surface area contributed by atoms with Gasteiger partial charge in [-0.05, 0) is 42.3 Å². The Kier molecular flexibility index (Phi) is 5.34. The molecule has 142 valence electrons. The van der Waals surface area contributed by atoms with Crippen molar-refractivity contribution >= 4 is 20.8 Å². The van der Waals surface area contributed by atoms with Crippen LogP contribution >= 0.6 is 0 Å². The van der Waals surface area contributed by atoms with E-state index in [2.05, 4.69) is 5.32 Å². The normalized spacial score (nSPS) is 12.9. The molecule has 0 bridgehead atoms. The topological polar surface area (TPSA) is 85.6 Å². The summed E-state index contributed by atoms with van der Waals surface area (Å²) >= 11 is 0. The number of methoxy groups -OCH3 is 1. The van der Waals surface area contributed by atoms with Crippen LogP contribution in [0.5, 0.6) is 5.75 Å². The van der Waals surface area contributed by atoms with Gasteiger partial charge in [-0.15, -0.1) is 0 Å². The van der Waals surface area contributed by atoms with E-state index in [-0.39, 0.29) is 6.04 Å². The molecule has 1 aromatic heterocycles. The van der Waals surface area contributed by atoms with Gasteiger partial charge in [0.1, 0.15) is 11.3 Å². The van der Waals surface area contributed by atoms with Crippen LogP contribution in [0.15, 0.2) is 62.6 Å². The lowest BCUT2D eigenvalue weighted by atomic mass is 10.1. The molecule has 1 N–H and O–H groups in total. The molecule has 0 aliphatic carbocycles. The van der Waals surface area contributed by atoms with E-state index in [1.807, 2.05) is 19.1 Å². The Hall–Kier alpha value is -2.64. The standard InChI is InChI=1S/C20H21NO5S/c1-13(14-4-7-17(8-5-14)27(3,23)24)21-12-15-10-20(22)26-19-11-16(25-2)6-9-18(15)19/h4-11,13,21H,12H2,1-3H3. The molecule has 1 atom stereocenters. The summed E-state index contributed by atoms with van der Waals surface area (Å²) in [6.45, 7) is 2.44. The summed E-state index contributed by atoms with van der Waals surface area (Å²) in [5.74, 6) is 0.620. The van der Waals surface area contributed by atoms with Gasteiger partial charge in [-0.3, -0.25) is 0 Å². The lowest BCUT2D eigenvalue weighted by Gasteiger charge is -2.15. The van der Waals surface area contributed by atoms with Gasteiger partial charge in [-0.1, -0.05) is 12.1 Å². The lowest BCUT2D eigenvalue weighted by Crippen LogP contribution is -2.19. The van der Waals surface area contributed by atoms with Gasteiger partial charge in [0.05, 0.1) is 12.0 Å². The van der Waals surface area contributed by atoms with Crippen LogP contribution in [0.25, 0.3) is 11.0 Å². The highest BCUT2D eigenvalue weighted by atomic mass is 32.2. The molecule has 3 aromatic rings. The second kappa shape index (κ2) is 7.54. The summed E-state index contributed by atoms with van der Waals surface area (Å²) in [5.41, 5.74) is 1.83. The van der Waals surface area contributed by atoms with Crippen molar-refractivity contribution in [2.45, 2.75) is 24.4 Å². The molecule has 0 fully saturated rings. The van der Waals surface area contributed by atoms with E-state index in [4.69, 9.17) is 9.15 Å². The molecule has 2 aromatic carbocycles. The Balaban J connectivity index is 1.81. The van der Waals surface area contributed by atoms with Crippen molar-refractivity contribution in [2.24, 2.45) is 0 Å². The number of fused-ring (bicyclic) bond motifs is 1. The number of hydrogen-bond acceptors (Lipinski definition) is 6. The lowest BCUT2D eigenvalue weighted by molar-refractivity contribution is 0.414. The molecule has 7 heteroatoms. The largest absolute Gasteiger partial charge is 0.497 e. The van der Waals surface area contributed by atoms with E-state index in [0.29, 0.717) is 22.8 Å². The SMILES string of the molecule is COc1ccc2c(CNC(C)c3ccc(S(C)(=O)=O)cc3)cc(=O)oc2c1. The van der Waals surface area contributed by atoms with E-state index in [9.17, 15) is 13.2 Å². The van der Waals surface area contributed by atoms with Crippen molar-refractivity contribution in [2.75, 3.05) is 13.4 Å². The van der Waals surface area contributed by atoms with Crippen molar-refractivity contribution < 1.29 is 17.6 Å². The van der Waals surface area contributed by atoms with Crippen LogP contribution in [0.1, 0.15) is 24.1 Å². The van der Waals surface area contributed by atoms with Gasteiger partial charge < -0.3 is 14.5 Å². The highest BCUT2D eigenvalue weighted by Crippen LogP contribution is 2.23. The average Bonchev–Trinajstić information content (AvgIpc) is 2.64. The zero-order valence-corrected chi connectivity index (χ0v) is 16.2. The third-order valence-electron chi connectivity index (χ3n) is 4.44. The number of nitrogens with one attached hydrogen (secondary N) is 1. The van der Waals surface area contributed by atoms with Crippen molar-refractivity contribution in [1.82, 2.24) is 5.32 Å². The maximum atomic E-state index is 11.9. The third kappa shape index (κ3) is 4.37. The van der Waals surface area contributed by atoms with E-state index < -0.39 is 15.5 Å². The summed E-state index contributed by atoms with van der Waals surface area (Å²) in [7, 11) is -1.65. The van der Waals surface area contributed by atoms with Gasteiger partial charge in [0, 0.05) is 36.4 Å². The van der Waals surface area contributed by atoms with E-state index in [1.54, 1.807) is 37.4 Å². The van der Waals surface area contributed by atoms with Gasteiger partial charge in [-0.25, -0.2) is 13.2 Å². The number of rotatable bonds is 6. The maximum absolute atomic E-state index is 11.9. The Bertz CT molecular complexity index is 1120. The predicted molar refractivity (Wildman–Crippen MR) is 104 cm³/mol. The summed E-state index contributed by atoms with van der Waals surface area (Å²) in [6, 6.07) is 13.6. The smallest absolute Gasteiger partial charge is 0.336 e. The van der Waals surface area contributed by atoms with E-state index in [0.717, 1.165) is 16.5 Å². The zero-order chi connectivity index (χ0) is 19.6. The van der Waals surface area contributed by atoms with Crippen LogP contribution in [0.4, 0.5) is 0 Å². The fraction of sp³-hybridized carbons (Fsp3) is 0.250. The molecule has 0 aliphatic heterocycles. The maximum Gasteiger partial charge on any atom is 0.336 e. The number of benzene rings is 2. The molecule has 27 heavy (non-hydrogen) atoms. The summed E-state index contributed by atoms with van der Waals surface area (Å²) in [6.07, 6.45) is 1.19. The highest BCUT2D eigenvalue weighted by Gasteiger charge is 2.11. The molecule has 0 saturated heterocycles. The molecule has 0 spiro atoms. The first-order valence-corrected chi connectivity index (χ1v) is 10.3. The first-order chi connectivity index (χ1) is 12.8. The molecule has 0 amide bonds. The number of ether oxygens (including phenoxy) is 1. The van der Waals surface area contributed by atoms with Crippen LogP contribution in [0, 0.1) is 0 Å². The van der Waals surface area contributed by atoms with E-state index in [1.165, 1.54) is 12.3 Å². The first-order valence-electron chi connectivity index (χ1n) is 8.42. The predicted octanol–water partition coefficient (Wildman–Crippen LogP) is 3.06. The third-order valence-corrected chi connectivity index (χ3v) is 5.57. The average molecular weight is 387 g/mol. The van der Waals surface area contributed by atoms with E-state index >= 15 is 0 Å². The second-order valence-electron chi connectivity index (χ2n) is 6.40. The van der Waals surface area contributed by atoms with Crippen LogP contribution in [0.2, 0.25) is 0 Å². The summed E-state index contributed by atoms with van der Waals surface area (Å²) in [5, 5.41) is 4.20. The van der Waals surface area contributed by atoms with Crippen molar-refractivity contribution in [3.63, 3.8) is 0 Å². The first kappa shape index (κ1) is 19.1. The van der Waals surface area contributed by atoms with Crippen LogP contribution < -0.4 is 15.7 Å². The molecule has 0 aliphatic rings. The van der Waals surface area contributed by atoms with Crippen LogP contribution in [-0.2, 0) is 16.4 Å². The zero-order valence-electron chi connectivity index (χ0n) is 15.4. The summed E-state index contributed by atoms with van der Waals surface area (Å²) < 4.78 is 33.6. The Morgan fingerprint density at radius 2 is 1.81 bits per heavy atom. The minimum atomic E-state index is -3.21. The number of hydrogen-bond donors (Lipinski definition) is 1. The van der Waals surface area contributed by atoms with Crippen LogP contribution in [-0.4, -0.2) is 21.8 Å². The highest BCUT2D eigenvalue weighted by molar-refractivity contribution is 7.90. The van der Waals surface area contributed by atoms with Gasteiger partial charge in [-0.2, -0.15) is 0 Å². The molecular weight excluding hydrogens is 366 g/mol. The van der Waals surface area contributed by atoms with Crippen molar-refractivity contribution in [3.05, 3.63) is 70.1 Å². The van der Waals surface area contributed by atoms with Gasteiger partial charge >= 0.3 is 5.63 Å². The minimum absolute atomic E-state index is 0.0286. The van der Waals surface area contributed by atoms with Gasteiger partial charge in [0.25, 0.3) is 0 Å². The Morgan fingerprint density at radius 1 is 1.11 bits per heavy atom. The molecule has 1 heterocycles. The fourth-order valence-electron chi connectivity index (χ4n) is 2.87. The molecular formula is C20H21NO5S. The molecule has 3 rings (SSSR count). The molecule has 6 nitrogen and oxygen atoms in total. The number of sulfone groups is 1. The van der Waals surface area contributed by atoms with Crippen molar-refractivity contribution in [3.8, 4) is 5.75 Å². The fourth-order valence-corrected chi connectivity index (χ4v) is 3.50.